The third-order valence-corrected chi connectivity index (χ3v) is 4.10. The van der Waals surface area contributed by atoms with Crippen molar-refractivity contribution < 1.29 is 19.0 Å². The predicted octanol–water partition coefficient (Wildman–Crippen LogP) is 2.52. The first-order valence-corrected chi connectivity index (χ1v) is 8.39. The van der Waals surface area contributed by atoms with Gasteiger partial charge < -0.3 is 19.5 Å². The molecule has 26 heavy (non-hydrogen) atoms. The molecule has 6 heteroatoms. The monoisotopic (exact) mass is 352 g/mol. The van der Waals surface area contributed by atoms with Gasteiger partial charge in [-0.05, 0) is 29.0 Å². The summed E-state index contributed by atoms with van der Waals surface area (Å²) in [5.74, 6) is 0.999. The quantitative estimate of drug-likeness (QED) is 0.737. The lowest BCUT2D eigenvalue weighted by Gasteiger charge is -2.12. The molecule has 134 valence electrons. The lowest BCUT2D eigenvalue weighted by molar-refractivity contribution is 0.0717. The fourth-order valence-electron chi connectivity index (χ4n) is 2.66. The van der Waals surface area contributed by atoms with E-state index < -0.39 is 0 Å². The zero-order valence-corrected chi connectivity index (χ0v) is 14.5. The second kappa shape index (κ2) is 8.37. The Morgan fingerprint density at radius 2 is 2.19 bits per heavy atom. The summed E-state index contributed by atoms with van der Waals surface area (Å²) in [6.07, 6.45) is 0.388. The Morgan fingerprint density at radius 3 is 2.77 bits per heavy atom. The number of carbonyl (C=O) groups is 1. The Balaban J connectivity index is 0.000000185. The number of methoxy groups -OCH3 is 1. The molecule has 0 bridgehead atoms. The standard InChI is InChI=1S/C15H11NO.C5H9NO3/c16-10-12-3-1-2-11(8-12)6-7-17-15-9-13-4-5-14(13)15;1-8-3-4-2-6-5(7)9-4/h1-5,8-9H,6-7H2;4H,2-3H2,1H3,(H,6,7). The van der Waals surface area contributed by atoms with Gasteiger partial charge in [-0.1, -0.05) is 24.3 Å². The number of hydrogen-bond acceptors (Lipinski definition) is 5. The number of alkyl carbamates (subject to hydrolysis) is 1. The van der Waals surface area contributed by atoms with Gasteiger partial charge in [0.15, 0.2) is 0 Å². The Labute approximate surface area is 151 Å². The van der Waals surface area contributed by atoms with Crippen molar-refractivity contribution in [2.45, 2.75) is 12.5 Å². The molecule has 1 aliphatic heterocycles. The number of carbonyl (C=O) groups excluding carboxylic acids is 1. The molecule has 4 rings (SSSR count). The van der Waals surface area contributed by atoms with Gasteiger partial charge in [0.25, 0.3) is 0 Å². The number of benzene rings is 2. The largest absolute Gasteiger partial charge is 0.493 e. The van der Waals surface area contributed by atoms with Gasteiger partial charge in [-0.2, -0.15) is 5.26 Å². The number of amides is 1. The van der Waals surface area contributed by atoms with Crippen LogP contribution < -0.4 is 10.1 Å². The van der Waals surface area contributed by atoms with Crippen LogP contribution in [0.3, 0.4) is 0 Å². The van der Waals surface area contributed by atoms with Gasteiger partial charge in [-0.15, -0.1) is 0 Å². The maximum absolute atomic E-state index is 10.3. The fraction of sp³-hybridized carbons (Fsp3) is 0.300. The number of nitriles is 1. The first-order valence-electron chi connectivity index (χ1n) is 8.39. The summed E-state index contributed by atoms with van der Waals surface area (Å²) >= 11 is 0. The van der Waals surface area contributed by atoms with E-state index in [1.54, 1.807) is 7.11 Å². The number of hydrogen-bond donors (Lipinski definition) is 1. The highest BCUT2D eigenvalue weighted by Gasteiger charge is 2.21. The molecule has 1 atom stereocenters. The van der Waals surface area contributed by atoms with E-state index in [1.165, 1.54) is 10.4 Å². The minimum Gasteiger partial charge on any atom is -0.493 e. The summed E-state index contributed by atoms with van der Waals surface area (Å²) in [5.41, 5.74) is 1.85. The molecule has 1 fully saturated rings. The number of nitrogens with zero attached hydrogens (tertiary/aromatic N) is 1. The van der Waals surface area contributed by atoms with Crippen molar-refractivity contribution >= 4 is 6.09 Å². The van der Waals surface area contributed by atoms with Crippen LogP contribution in [-0.4, -0.2) is 39.1 Å². The number of cyclic esters (lactones) is 1. The predicted molar refractivity (Wildman–Crippen MR) is 94.6 cm³/mol. The molecule has 1 N–H and O–H groups in total. The molecule has 0 spiro atoms. The number of ether oxygens (including phenoxy) is 3. The van der Waals surface area contributed by atoms with Crippen molar-refractivity contribution in [3.63, 3.8) is 0 Å². The molecule has 1 aromatic rings. The molecule has 6 nitrogen and oxygen atoms in total. The highest BCUT2D eigenvalue weighted by atomic mass is 16.6. The Bertz CT molecular complexity index is 920. The van der Waals surface area contributed by atoms with Gasteiger partial charge in [0, 0.05) is 18.7 Å². The van der Waals surface area contributed by atoms with E-state index in [2.05, 4.69) is 29.6 Å². The average molecular weight is 352 g/mol. The van der Waals surface area contributed by atoms with Gasteiger partial charge in [0.2, 0.25) is 0 Å². The Hall–Kier alpha value is -3.04. The molecular formula is C20H20N2O4. The van der Waals surface area contributed by atoms with E-state index >= 15 is 0 Å². The van der Waals surface area contributed by atoms with Gasteiger partial charge in [0.1, 0.15) is 11.9 Å². The summed E-state index contributed by atoms with van der Waals surface area (Å²) in [6, 6.07) is 16.0. The molecule has 2 aliphatic carbocycles. The van der Waals surface area contributed by atoms with Crippen molar-refractivity contribution in [1.29, 1.82) is 5.26 Å². The van der Waals surface area contributed by atoms with Crippen molar-refractivity contribution in [3.05, 3.63) is 64.0 Å². The van der Waals surface area contributed by atoms with E-state index in [0.717, 1.165) is 17.7 Å². The lowest BCUT2D eigenvalue weighted by Crippen LogP contribution is -2.19. The zero-order chi connectivity index (χ0) is 18.4. The molecule has 1 unspecified atom stereocenters. The fourth-order valence-corrected chi connectivity index (χ4v) is 2.66. The van der Waals surface area contributed by atoms with Gasteiger partial charge in [-0.25, -0.2) is 4.79 Å². The van der Waals surface area contributed by atoms with Gasteiger partial charge >= 0.3 is 6.09 Å². The summed E-state index contributed by atoms with van der Waals surface area (Å²) in [5, 5.41) is 13.8. The minimum absolute atomic E-state index is 0.0949. The first-order chi connectivity index (χ1) is 12.7. The Morgan fingerprint density at radius 1 is 1.31 bits per heavy atom. The van der Waals surface area contributed by atoms with E-state index in [-0.39, 0.29) is 12.2 Å². The highest BCUT2D eigenvalue weighted by molar-refractivity contribution is 5.69. The second-order valence-electron chi connectivity index (χ2n) is 5.99. The average Bonchev–Trinajstić information content (AvgIpc) is 3.04. The third-order valence-electron chi connectivity index (χ3n) is 4.10. The summed E-state index contributed by atoms with van der Waals surface area (Å²) < 4.78 is 15.1. The van der Waals surface area contributed by atoms with E-state index in [9.17, 15) is 4.79 Å². The second-order valence-corrected chi connectivity index (χ2v) is 5.99. The normalized spacial score (nSPS) is 15.8. The molecule has 0 saturated carbocycles. The molecule has 1 saturated heterocycles. The van der Waals surface area contributed by atoms with E-state index in [4.69, 9.17) is 19.5 Å². The van der Waals surface area contributed by atoms with Crippen LogP contribution in [0.5, 0.6) is 5.75 Å². The minimum atomic E-state index is -0.350. The molecule has 3 aliphatic rings. The van der Waals surface area contributed by atoms with Crippen LogP contribution >= 0.6 is 0 Å². The topological polar surface area (TPSA) is 80.6 Å². The van der Waals surface area contributed by atoms with E-state index in [1.807, 2.05) is 24.3 Å². The maximum Gasteiger partial charge on any atom is 0.407 e. The number of nitrogens with one attached hydrogen (secondary N) is 1. The third kappa shape index (κ3) is 4.32. The molecule has 1 heterocycles. The van der Waals surface area contributed by atoms with Crippen LogP contribution in [0, 0.1) is 21.8 Å². The van der Waals surface area contributed by atoms with Crippen molar-refractivity contribution in [2.24, 2.45) is 0 Å². The first kappa shape index (κ1) is 17.8. The molecule has 0 radical (unpaired) electrons. The van der Waals surface area contributed by atoms with Crippen molar-refractivity contribution in [2.75, 3.05) is 26.9 Å². The van der Waals surface area contributed by atoms with Crippen LogP contribution in [0.4, 0.5) is 4.79 Å². The van der Waals surface area contributed by atoms with Crippen LogP contribution in [0.15, 0.2) is 42.5 Å². The van der Waals surface area contributed by atoms with Crippen molar-refractivity contribution in [3.8, 4) is 11.8 Å². The maximum atomic E-state index is 10.3. The highest BCUT2D eigenvalue weighted by Crippen LogP contribution is 2.23. The van der Waals surface area contributed by atoms with E-state index in [0.29, 0.717) is 25.3 Å². The van der Waals surface area contributed by atoms with Gasteiger partial charge in [0.05, 0.1) is 31.4 Å². The van der Waals surface area contributed by atoms with Crippen LogP contribution in [0.25, 0.3) is 0 Å². The zero-order valence-electron chi connectivity index (χ0n) is 14.5. The molecule has 1 aromatic carbocycles. The molecular weight excluding hydrogens is 332 g/mol. The SMILES string of the molecule is COCC1CNC(=O)O1.N#Cc1cccc(CCOc2cc3ccc2=3)c1. The summed E-state index contributed by atoms with van der Waals surface area (Å²) in [4.78, 5) is 10.3. The smallest absolute Gasteiger partial charge is 0.407 e. The van der Waals surface area contributed by atoms with Crippen LogP contribution in [0.2, 0.25) is 0 Å². The van der Waals surface area contributed by atoms with Crippen LogP contribution in [-0.2, 0) is 15.9 Å². The Kier molecular flexibility index (Phi) is 5.72. The van der Waals surface area contributed by atoms with Crippen LogP contribution in [0.1, 0.15) is 11.1 Å². The summed E-state index contributed by atoms with van der Waals surface area (Å²) in [6.45, 7) is 1.69. The lowest BCUT2D eigenvalue weighted by atomic mass is 10.1. The van der Waals surface area contributed by atoms with Crippen molar-refractivity contribution in [1.82, 2.24) is 5.32 Å². The summed E-state index contributed by atoms with van der Waals surface area (Å²) in [7, 11) is 1.58. The molecule has 0 aromatic heterocycles. The van der Waals surface area contributed by atoms with Gasteiger partial charge in [-0.3, -0.25) is 0 Å². The number of rotatable bonds is 6. The molecule has 1 amide bonds.